The van der Waals surface area contributed by atoms with Crippen molar-refractivity contribution in [1.29, 1.82) is 5.26 Å². The maximum Gasteiger partial charge on any atom is 0.206 e. The van der Waals surface area contributed by atoms with Gasteiger partial charge in [0, 0.05) is 6.07 Å². The normalized spacial score (nSPS) is 10.5. The number of anilines is 1. The van der Waals surface area contributed by atoms with Gasteiger partial charge in [0.05, 0.1) is 23.9 Å². The third-order valence-electron chi connectivity index (χ3n) is 3.21. The van der Waals surface area contributed by atoms with Crippen molar-refractivity contribution in [3.8, 4) is 17.5 Å². The van der Waals surface area contributed by atoms with E-state index in [0.29, 0.717) is 28.0 Å². The number of imidazole rings is 1. The van der Waals surface area contributed by atoms with Gasteiger partial charge in [-0.15, -0.1) is 0 Å². The predicted octanol–water partition coefficient (Wildman–Crippen LogP) is 2.63. The number of fused-ring (bicyclic) bond motifs is 1. The minimum absolute atomic E-state index is 0.206. The number of nitrogens with zero attached hydrogens (tertiary/aromatic N) is 3. The lowest BCUT2D eigenvalue weighted by atomic mass is 10.2. The number of para-hydroxylation sites is 1. The van der Waals surface area contributed by atoms with Crippen LogP contribution in [-0.4, -0.2) is 16.7 Å². The van der Waals surface area contributed by atoms with Gasteiger partial charge in [-0.1, -0.05) is 6.07 Å². The summed E-state index contributed by atoms with van der Waals surface area (Å²) in [5.74, 6) is 0.136. The molecule has 0 radical (unpaired) electrons. The van der Waals surface area contributed by atoms with Gasteiger partial charge in [0.2, 0.25) is 5.95 Å². The number of nitriles is 1. The average Bonchev–Trinajstić information content (AvgIpc) is 2.83. The van der Waals surface area contributed by atoms with Gasteiger partial charge in [0.15, 0.2) is 0 Å². The van der Waals surface area contributed by atoms with E-state index in [0.717, 1.165) is 0 Å². The van der Waals surface area contributed by atoms with Crippen LogP contribution in [0.3, 0.4) is 0 Å². The van der Waals surface area contributed by atoms with E-state index in [9.17, 15) is 4.39 Å². The zero-order valence-electron chi connectivity index (χ0n) is 11.2. The molecule has 0 saturated carbocycles. The number of methoxy groups -OCH3 is 1. The number of hydrogen-bond acceptors (Lipinski definition) is 4. The second-order valence-electron chi connectivity index (χ2n) is 4.41. The highest BCUT2D eigenvalue weighted by molar-refractivity contribution is 5.86. The van der Waals surface area contributed by atoms with E-state index in [4.69, 9.17) is 15.7 Å². The minimum atomic E-state index is -0.406. The Labute approximate surface area is 120 Å². The Bertz CT molecular complexity index is 879. The third-order valence-corrected chi connectivity index (χ3v) is 3.21. The van der Waals surface area contributed by atoms with Gasteiger partial charge in [-0.05, 0) is 24.3 Å². The highest BCUT2D eigenvalue weighted by atomic mass is 19.1. The number of aromatic nitrogens is 2. The summed E-state index contributed by atoms with van der Waals surface area (Å²) >= 11 is 0. The van der Waals surface area contributed by atoms with Crippen LogP contribution in [0.4, 0.5) is 10.3 Å². The number of nitrogens with two attached hydrogens (primary N) is 1. The Morgan fingerprint density at radius 2 is 2.14 bits per heavy atom. The quantitative estimate of drug-likeness (QED) is 0.783. The molecule has 0 aliphatic heterocycles. The Balaban J connectivity index is 2.36. The summed E-state index contributed by atoms with van der Waals surface area (Å²) in [6.45, 7) is 0. The molecular formula is C15H11FN4O. The molecule has 0 amide bonds. The van der Waals surface area contributed by atoms with Crippen molar-refractivity contribution in [1.82, 2.24) is 9.55 Å². The van der Waals surface area contributed by atoms with Crippen molar-refractivity contribution in [2.45, 2.75) is 0 Å². The first-order valence-electron chi connectivity index (χ1n) is 6.16. The second-order valence-corrected chi connectivity index (χ2v) is 4.41. The molecule has 6 heteroatoms. The minimum Gasteiger partial charge on any atom is -0.494 e. The van der Waals surface area contributed by atoms with Crippen LogP contribution in [0.5, 0.6) is 5.75 Å². The number of ether oxygens (including phenoxy) is 1. The van der Waals surface area contributed by atoms with E-state index in [1.807, 2.05) is 0 Å². The smallest absolute Gasteiger partial charge is 0.206 e. The fourth-order valence-electron chi connectivity index (χ4n) is 2.30. The molecule has 3 rings (SSSR count). The van der Waals surface area contributed by atoms with Gasteiger partial charge in [0.1, 0.15) is 23.2 Å². The van der Waals surface area contributed by atoms with Crippen LogP contribution in [-0.2, 0) is 0 Å². The molecule has 0 aliphatic carbocycles. The molecular weight excluding hydrogens is 271 g/mol. The van der Waals surface area contributed by atoms with Crippen LogP contribution in [0.2, 0.25) is 0 Å². The molecule has 0 saturated heterocycles. The Morgan fingerprint density at radius 1 is 1.33 bits per heavy atom. The first-order chi connectivity index (χ1) is 10.2. The molecule has 1 aromatic heterocycles. The van der Waals surface area contributed by atoms with Crippen LogP contribution < -0.4 is 10.5 Å². The lowest BCUT2D eigenvalue weighted by molar-refractivity contribution is 0.410. The van der Waals surface area contributed by atoms with E-state index >= 15 is 0 Å². The number of halogens is 1. The van der Waals surface area contributed by atoms with Gasteiger partial charge in [-0.25, -0.2) is 9.37 Å². The molecule has 5 nitrogen and oxygen atoms in total. The molecule has 0 bridgehead atoms. The maximum atomic E-state index is 13.3. The predicted molar refractivity (Wildman–Crippen MR) is 76.7 cm³/mol. The molecule has 0 aliphatic rings. The van der Waals surface area contributed by atoms with Crippen molar-refractivity contribution >= 4 is 17.0 Å². The summed E-state index contributed by atoms with van der Waals surface area (Å²) in [5.41, 5.74) is 8.12. The number of benzene rings is 2. The van der Waals surface area contributed by atoms with Crippen LogP contribution in [0, 0.1) is 17.1 Å². The maximum absolute atomic E-state index is 13.3. The van der Waals surface area contributed by atoms with Crippen LogP contribution >= 0.6 is 0 Å². The van der Waals surface area contributed by atoms with Crippen molar-refractivity contribution in [3.63, 3.8) is 0 Å². The van der Waals surface area contributed by atoms with E-state index < -0.39 is 5.82 Å². The summed E-state index contributed by atoms with van der Waals surface area (Å²) in [5, 5.41) is 9.13. The molecule has 2 N–H and O–H groups in total. The summed E-state index contributed by atoms with van der Waals surface area (Å²) in [6.07, 6.45) is 0. The van der Waals surface area contributed by atoms with Crippen molar-refractivity contribution in [2.24, 2.45) is 0 Å². The summed E-state index contributed by atoms with van der Waals surface area (Å²) in [4.78, 5) is 4.23. The number of nitrogen functional groups attached to an aromatic ring is 1. The summed E-state index contributed by atoms with van der Waals surface area (Å²) in [6, 6.07) is 11.4. The SMILES string of the molecule is COc1cc(F)ccc1-n1c(N)nc2c(C#N)cccc21. The van der Waals surface area contributed by atoms with Gasteiger partial charge in [-0.2, -0.15) is 5.26 Å². The molecule has 0 fully saturated rings. The van der Waals surface area contributed by atoms with Crippen molar-refractivity contribution in [2.75, 3.05) is 12.8 Å². The number of rotatable bonds is 2. The van der Waals surface area contributed by atoms with E-state index in [1.54, 1.807) is 28.8 Å². The van der Waals surface area contributed by atoms with Gasteiger partial charge in [0.25, 0.3) is 0 Å². The lowest BCUT2D eigenvalue weighted by Gasteiger charge is -2.11. The molecule has 0 unspecified atom stereocenters. The van der Waals surface area contributed by atoms with Gasteiger partial charge < -0.3 is 10.5 Å². The Kier molecular flexibility index (Phi) is 2.95. The zero-order valence-corrected chi connectivity index (χ0v) is 11.2. The third kappa shape index (κ3) is 1.96. The van der Waals surface area contributed by atoms with E-state index in [-0.39, 0.29) is 5.95 Å². The fraction of sp³-hybridized carbons (Fsp3) is 0.0667. The lowest BCUT2D eigenvalue weighted by Crippen LogP contribution is -2.03. The van der Waals surface area contributed by atoms with E-state index in [2.05, 4.69) is 11.1 Å². The van der Waals surface area contributed by atoms with Gasteiger partial charge >= 0.3 is 0 Å². The van der Waals surface area contributed by atoms with Crippen molar-refractivity contribution < 1.29 is 9.13 Å². The number of hydrogen-bond donors (Lipinski definition) is 1. The molecule has 0 spiro atoms. The molecule has 104 valence electrons. The largest absolute Gasteiger partial charge is 0.494 e. The molecule has 21 heavy (non-hydrogen) atoms. The Hall–Kier alpha value is -3.07. The van der Waals surface area contributed by atoms with Crippen LogP contribution in [0.15, 0.2) is 36.4 Å². The standard InChI is InChI=1S/C15H11FN4O/c1-21-13-7-10(16)5-6-11(13)20-12-4-2-3-9(8-17)14(12)19-15(20)18/h2-7H,1H3,(H2,18,19). The molecule has 3 aromatic rings. The van der Waals surface area contributed by atoms with E-state index in [1.165, 1.54) is 19.2 Å². The summed E-state index contributed by atoms with van der Waals surface area (Å²) in [7, 11) is 1.45. The summed E-state index contributed by atoms with van der Waals surface area (Å²) < 4.78 is 20.2. The van der Waals surface area contributed by atoms with Gasteiger partial charge in [-0.3, -0.25) is 4.57 Å². The molecule has 2 aromatic carbocycles. The zero-order chi connectivity index (χ0) is 15.0. The molecule has 0 atom stereocenters. The Morgan fingerprint density at radius 3 is 2.86 bits per heavy atom. The second kappa shape index (κ2) is 4.80. The monoisotopic (exact) mass is 282 g/mol. The fourth-order valence-corrected chi connectivity index (χ4v) is 2.30. The van der Waals surface area contributed by atoms with Crippen molar-refractivity contribution in [3.05, 3.63) is 47.8 Å². The first kappa shape index (κ1) is 12.9. The highest BCUT2D eigenvalue weighted by Gasteiger charge is 2.16. The topological polar surface area (TPSA) is 76.9 Å². The molecule has 1 heterocycles. The average molecular weight is 282 g/mol. The van der Waals surface area contributed by atoms with Crippen LogP contribution in [0.1, 0.15) is 5.56 Å². The van der Waals surface area contributed by atoms with Crippen LogP contribution in [0.25, 0.3) is 16.7 Å². The highest BCUT2D eigenvalue weighted by Crippen LogP contribution is 2.31. The first-order valence-corrected chi connectivity index (χ1v) is 6.16.